The summed E-state index contributed by atoms with van der Waals surface area (Å²) >= 11 is 0. The lowest BCUT2D eigenvalue weighted by atomic mass is 9.89. The van der Waals surface area contributed by atoms with E-state index in [0.717, 1.165) is 0 Å². The molecular weight excluding hydrogens is 307 g/mol. The average molecular weight is 324 g/mol. The third-order valence-electron chi connectivity index (χ3n) is 4.20. The van der Waals surface area contributed by atoms with Gasteiger partial charge in [0, 0.05) is 41.7 Å². The lowest BCUT2D eigenvalue weighted by Gasteiger charge is -2.29. The molecule has 3 rings (SSSR count). The molecule has 0 spiro atoms. The van der Waals surface area contributed by atoms with Crippen LogP contribution in [0.25, 0.3) is 10.9 Å². The van der Waals surface area contributed by atoms with Crippen LogP contribution in [0.2, 0.25) is 0 Å². The Morgan fingerprint density at radius 1 is 1.32 bits per heavy atom. The summed E-state index contributed by atoms with van der Waals surface area (Å²) in [6.07, 6.45) is 3.82. The highest BCUT2D eigenvalue weighted by atomic mass is 32.2. The Labute approximate surface area is 128 Å². The highest BCUT2D eigenvalue weighted by Crippen LogP contribution is 2.27. The van der Waals surface area contributed by atoms with Crippen molar-refractivity contribution in [2.45, 2.75) is 12.8 Å². The number of nitrogens with zero attached hydrogens (tertiary/aromatic N) is 1. The Hall–Kier alpha value is -1.73. The number of ketones is 1. The van der Waals surface area contributed by atoms with Crippen molar-refractivity contribution >= 4 is 26.7 Å². The van der Waals surface area contributed by atoms with Crippen LogP contribution in [0.4, 0.5) is 4.39 Å². The van der Waals surface area contributed by atoms with Crippen LogP contribution in [0, 0.1) is 11.7 Å². The van der Waals surface area contributed by atoms with Crippen molar-refractivity contribution < 1.29 is 17.6 Å². The zero-order valence-electron chi connectivity index (χ0n) is 12.2. The number of hydrogen-bond acceptors (Lipinski definition) is 3. The number of carbonyl (C=O) groups excluding carboxylic acids is 1. The number of nitrogens with one attached hydrogen (secondary N) is 1. The molecule has 0 atom stereocenters. The number of benzene rings is 1. The second kappa shape index (κ2) is 5.48. The van der Waals surface area contributed by atoms with Gasteiger partial charge >= 0.3 is 0 Å². The molecule has 1 aliphatic rings. The molecule has 0 saturated carbocycles. The Morgan fingerprint density at radius 2 is 2.00 bits per heavy atom. The molecule has 1 saturated heterocycles. The number of fused-ring (bicyclic) bond motifs is 1. The third-order valence-corrected chi connectivity index (χ3v) is 5.51. The molecule has 1 aliphatic heterocycles. The van der Waals surface area contributed by atoms with Crippen LogP contribution >= 0.6 is 0 Å². The number of Topliss-reactive ketones (excluding diaryl/α,β-unsaturated/α-hetero) is 1. The molecule has 1 aromatic heterocycles. The Bertz CT molecular complexity index is 820. The van der Waals surface area contributed by atoms with Crippen molar-refractivity contribution in [1.29, 1.82) is 0 Å². The first kappa shape index (κ1) is 15.2. The highest BCUT2D eigenvalue weighted by Gasteiger charge is 2.30. The molecule has 1 N–H and O–H groups in total. The van der Waals surface area contributed by atoms with Crippen molar-refractivity contribution in [1.82, 2.24) is 9.29 Å². The molecule has 1 aromatic carbocycles. The van der Waals surface area contributed by atoms with E-state index in [1.54, 1.807) is 12.3 Å². The van der Waals surface area contributed by atoms with Crippen molar-refractivity contribution in [3.05, 3.63) is 35.8 Å². The van der Waals surface area contributed by atoms with Gasteiger partial charge in [0.15, 0.2) is 5.78 Å². The third kappa shape index (κ3) is 2.78. The van der Waals surface area contributed by atoms with Crippen LogP contribution in [0.5, 0.6) is 0 Å². The molecule has 2 heterocycles. The second-order valence-electron chi connectivity index (χ2n) is 5.69. The minimum absolute atomic E-state index is 0.00832. The Morgan fingerprint density at radius 3 is 2.64 bits per heavy atom. The van der Waals surface area contributed by atoms with E-state index in [0.29, 0.717) is 42.4 Å². The Balaban J connectivity index is 1.80. The zero-order chi connectivity index (χ0) is 15.9. The van der Waals surface area contributed by atoms with Gasteiger partial charge < -0.3 is 4.98 Å². The van der Waals surface area contributed by atoms with Crippen molar-refractivity contribution in [3.8, 4) is 0 Å². The number of aromatic nitrogens is 1. The first-order chi connectivity index (χ1) is 10.4. The fraction of sp³-hybridized carbons (Fsp3) is 0.400. The molecule has 22 heavy (non-hydrogen) atoms. The van der Waals surface area contributed by atoms with Crippen LogP contribution in [-0.2, 0) is 10.0 Å². The number of rotatable bonds is 3. The van der Waals surface area contributed by atoms with E-state index in [4.69, 9.17) is 0 Å². The lowest BCUT2D eigenvalue weighted by Crippen LogP contribution is -2.39. The number of hydrogen-bond donors (Lipinski definition) is 1. The summed E-state index contributed by atoms with van der Waals surface area (Å²) in [6.45, 7) is 0.735. The van der Waals surface area contributed by atoms with Crippen molar-refractivity contribution in [3.63, 3.8) is 0 Å². The molecule has 0 amide bonds. The SMILES string of the molecule is CS(=O)(=O)N1CCC(C(=O)c2c[nH]c3cc(F)ccc23)CC1. The van der Waals surface area contributed by atoms with E-state index < -0.39 is 10.0 Å². The normalized spacial score (nSPS) is 17.9. The summed E-state index contributed by atoms with van der Waals surface area (Å²) in [5.74, 6) is -0.553. The molecule has 0 unspecified atom stereocenters. The summed E-state index contributed by atoms with van der Waals surface area (Å²) in [5.41, 5.74) is 1.14. The zero-order valence-corrected chi connectivity index (χ0v) is 13.0. The van der Waals surface area contributed by atoms with Gasteiger partial charge in [-0.25, -0.2) is 17.1 Å². The summed E-state index contributed by atoms with van der Waals surface area (Å²) < 4.78 is 37.6. The number of H-pyrrole nitrogens is 1. The minimum Gasteiger partial charge on any atom is -0.360 e. The largest absolute Gasteiger partial charge is 0.360 e. The fourth-order valence-electron chi connectivity index (χ4n) is 2.97. The topological polar surface area (TPSA) is 70.2 Å². The van der Waals surface area contributed by atoms with Gasteiger partial charge in [-0.3, -0.25) is 4.79 Å². The monoisotopic (exact) mass is 324 g/mol. The van der Waals surface area contributed by atoms with Gasteiger partial charge in [-0.2, -0.15) is 0 Å². The maximum atomic E-state index is 13.2. The van der Waals surface area contributed by atoms with Crippen LogP contribution in [0.15, 0.2) is 24.4 Å². The molecule has 0 aliphatic carbocycles. The van der Waals surface area contributed by atoms with E-state index >= 15 is 0 Å². The maximum Gasteiger partial charge on any atom is 0.211 e. The summed E-state index contributed by atoms with van der Waals surface area (Å²) in [5, 5.41) is 0.706. The summed E-state index contributed by atoms with van der Waals surface area (Å²) in [6, 6.07) is 4.29. The van der Waals surface area contributed by atoms with E-state index in [1.807, 2.05) is 0 Å². The molecule has 1 fully saturated rings. The van der Waals surface area contributed by atoms with Crippen LogP contribution in [0.3, 0.4) is 0 Å². The second-order valence-corrected chi connectivity index (χ2v) is 7.68. The number of piperidine rings is 1. The molecule has 2 aromatic rings. The average Bonchev–Trinajstić information content (AvgIpc) is 2.88. The van der Waals surface area contributed by atoms with E-state index in [2.05, 4.69) is 4.98 Å². The van der Waals surface area contributed by atoms with E-state index in [9.17, 15) is 17.6 Å². The smallest absolute Gasteiger partial charge is 0.211 e. The number of sulfonamides is 1. The van der Waals surface area contributed by atoms with Gasteiger partial charge in [-0.1, -0.05) is 0 Å². The van der Waals surface area contributed by atoms with Crippen molar-refractivity contribution in [2.24, 2.45) is 5.92 Å². The lowest BCUT2D eigenvalue weighted by molar-refractivity contribution is 0.0877. The number of halogens is 1. The Kier molecular flexibility index (Phi) is 3.78. The van der Waals surface area contributed by atoms with Gasteiger partial charge in [0.05, 0.1) is 6.26 Å². The standard InChI is InChI=1S/C15H17FN2O3S/c1-22(20,21)18-6-4-10(5-7-18)15(19)13-9-17-14-8-11(16)2-3-12(13)14/h2-3,8-10,17H,4-7H2,1H3. The fourth-order valence-corrected chi connectivity index (χ4v) is 3.85. The summed E-state index contributed by atoms with van der Waals surface area (Å²) in [4.78, 5) is 15.5. The quantitative estimate of drug-likeness (QED) is 0.880. The molecule has 118 valence electrons. The summed E-state index contributed by atoms with van der Waals surface area (Å²) in [7, 11) is -3.19. The van der Waals surface area contributed by atoms with Gasteiger partial charge in [0.2, 0.25) is 10.0 Å². The predicted octanol–water partition coefficient (Wildman–Crippen LogP) is 2.16. The van der Waals surface area contributed by atoms with Gasteiger partial charge in [0.1, 0.15) is 5.82 Å². The highest BCUT2D eigenvalue weighted by molar-refractivity contribution is 7.88. The minimum atomic E-state index is -3.19. The van der Waals surface area contributed by atoms with Gasteiger partial charge in [-0.15, -0.1) is 0 Å². The predicted molar refractivity (Wildman–Crippen MR) is 81.7 cm³/mol. The van der Waals surface area contributed by atoms with Crippen LogP contribution in [0.1, 0.15) is 23.2 Å². The van der Waals surface area contributed by atoms with Gasteiger partial charge in [-0.05, 0) is 31.0 Å². The number of carbonyl (C=O) groups is 1. The van der Waals surface area contributed by atoms with Crippen molar-refractivity contribution in [2.75, 3.05) is 19.3 Å². The van der Waals surface area contributed by atoms with E-state index in [-0.39, 0.29) is 17.5 Å². The van der Waals surface area contributed by atoms with E-state index in [1.165, 1.54) is 22.7 Å². The first-order valence-electron chi connectivity index (χ1n) is 7.12. The first-order valence-corrected chi connectivity index (χ1v) is 8.97. The molecule has 0 bridgehead atoms. The number of aromatic amines is 1. The molecular formula is C15H17FN2O3S. The molecule has 5 nitrogen and oxygen atoms in total. The molecule has 7 heteroatoms. The van der Waals surface area contributed by atoms with Crippen LogP contribution in [-0.4, -0.2) is 42.8 Å². The van der Waals surface area contributed by atoms with Crippen LogP contribution < -0.4 is 0 Å². The maximum absolute atomic E-state index is 13.2. The molecule has 0 radical (unpaired) electrons. The van der Waals surface area contributed by atoms with Gasteiger partial charge in [0.25, 0.3) is 0 Å².